The number of sulfone groups is 1. The highest BCUT2D eigenvalue weighted by molar-refractivity contribution is 7.92. The van der Waals surface area contributed by atoms with E-state index in [9.17, 15) is 12.6 Å². The lowest BCUT2D eigenvalue weighted by molar-refractivity contribution is 0.594. The van der Waals surface area contributed by atoms with Crippen LogP contribution in [0.2, 0.25) is 5.02 Å². The van der Waals surface area contributed by atoms with Crippen molar-refractivity contribution in [2.24, 2.45) is 0 Å². The Bertz CT molecular complexity index is 1080. The molecular weight excluding hydrogens is 370 g/mol. The van der Waals surface area contributed by atoms with Crippen LogP contribution in [0, 0.1) is 13.8 Å². The van der Waals surface area contributed by atoms with Crippen molar-refractivity contribution in [2.45, 2.75) is 28.7 Å². The molecule has 0 bridgehead atoms. The van der Waals surface area contributed by atoms with E-state index < -0.39 is 20.6 Å². The van der Waals surface area contributed by atoms with Gasteiger partial charge in [-0.3, -0.25) is 4.21 Å². The highest BCUT2D eigenvalue weighted by Gasteiger charge is 2.31. The quantitative estimate of drug-likeness (QED) is 0.694. The van der Waals surface area contributed by atoms with Crippen LogP contribution in [-0.2, 0) is 20.6 Å². The second-order valence-corrected chi connectivity index (χ2v) is 8.80. The molecule has 0 amide bonds. The van der Waals surface area contributed by atoms with Gasteiger partial charge < -0.3 is 0 Å². The monoisotopic (exact) mass is 383 g/mol. The predicted octanol–water partition coefficient (Wildman–Crippen LogP) is 2.57. The van der Waals surface area contributed by atoms with Crippen molar-refractivity contribution in [3.05, 3.63) is 46.7 Å². The van der Waals surface area contributed by atoms with Gasteiger partial charge in [-0.15, -0.1) is 0 Å². The zero-order valence-electron chi connectivity index (χ0n) is 13.1. The molecule has 126 valence electrons. The average molecular weight is 384 g/mol. The lowest BCUT2D eigenvalue weighted by Crippen LogP contribution is -2.06. The minimum atomic E-state index is -3.93. The lowest BCUT2D eigenvalue weighted by atomic mass is 10.3. The fourth-order valence-electron chi connectivity index (χ4n) is 2.41. The molecule has 0 fully saturated rings. The summed E-state index contributed by atoms with van der Waals surface area (Å²) in [5.41, 5.74) is 1.16. The van der Waals surface area contributed by atoms with Gasteiger partial charge in [0.1, 0.15) is 0 Å². The molecule has 0 saturated carbocycles. The molecule has 0 radical (unpaired) electrons. The van der Waals surface area contributed by atoms with Crippen molar-refractivity contribution in [3.63, 3.8) is 0 Å². The van der Waals surface area contributed by atoms with Crippen LogP contribution in [0.15, 0.2) is 45.1 Å². The molecule has 0 saturated heterocycles. The third-order valence-electron chi connectivity index (χ3n) is 3.61. The fraction of sp³-hybridized carbons (Fsp3) is 0.200. The molecule has 0 N–H and O–H groups in total. The SMILES string of the molecule is Cc1nc2c(S(=O)(=O)c3ccccc3)c(S(C)=O)nn2c(C)c1Cl. The van der Waals surface area contributed by atoms with Crippen LogP contribution in [0.4, 0.5) is 0 Å². The molecule has 0 aliphatic carbocycles. The zero-order valence-corrected chi connectivity index (χ0v) is 15.5. The van der Waals surface area contributed by atoms with Crippen LogP contribution in [0.1, 0.15) is 11.4 Å². The Labute approximate surface area is 146 Å². The molecule has 0 aliphatic heterocycles. The van der Waals surface area contributed by atoms with Gasteiger partial charge in [0.05, 0.1) is 32.1 Å². The van der Waals surface area contributed by atoms with Crippen molar-refractivity contribution in [3.8, 4) is 0 Å². The largest absolute Gasteiger partial charge is 0.253 e. The van der Waals surface area contributed by atoms with Gasteiger partial charge in [-0.2, -0.15) is 5.10 Å². The third kappa shape index (κ3) is 2.54. The van der Waals surface area contributed by atoms with E-state index in [2.05, 4.69) is 10.1 Å². The maximum atomic E-state index is 13.1. The zero-order chi connectivity index (χ0) is 17.6. The molecule has 2 heterocycles. The Balaban J connectivity index is 2.47. The van der Waals surface area contributed by atoms with Crippen LogP contribution in [0.25, 0.3) is 5.65 Å². The van der Waals surface area contributed by atoms with E-state index in [1.54, 1.807) is 32.0 Å². The Morgan fingerprint density at radius 2 is 1.79 bits per heavy atom. The van der Waals surface area contributed by atoms with Gasteiger partial charge in [0.15, 0.2) is 15.6 Å². The minimum absolute atomic E-state index is 0.0314. The number of nitrogens with zero attached hydrogens (tertiary/aromatic N) is 3. The molecule has 1 unspecified atom stereocenters. The van der Waals surface area contributed by atoms with Gasteiger partial charge in [0.2, 0.25) is 9.84 Å². The highest BCUT2D eigenvalue weighted by Crippen LogP contribution is 2.31. The van der Waals surface area contributed by atoms with Crippen molar-refractivity contribution in [1.82, 2.24) is 14.6 Å². The molecule has 2 aromatic heterocycles. The molecule has 9 heteroatoms. The molecule has 1 atom stereocenters. The van der Waals surface area contributed by atoms with Crippen LogP contribution >= 0.6 is 11.6 Å². The highest BCUT2D eigenvalue weighted by atomic mass is 35.5. The molecule has 3 rings (SSSR count). The van der Waals surface area contributed by atoms with Crippen molar-refractivity contribution < 1.29 is 12.6 Å². The third-order valence-corrected chi connectivity index (χ3v) is 6.92. The summed E-state index contributed by atoms with van der Waals surface area (Å²) in [6.45, 7) is 3.39. The van der Waals surface area contributed by atoms with Gasteiger partial charge >= 0.3 is 0 Å². The normalized spacial score (nSPS) is 13.3. The molecule has 3 aromatic rings. The van der Waals surface area contributed by atoms with E-state index in [1.165, 1.54) is 22.9 Å². The molecule has 1 aromatic carbocycles. The summed E-state index contributed by atoms with van der Waals surface area (Å²) in [5.74, 6) is 0. The molecule has 6 nitrogen and oxygen atoms in total. The number of benzene rings is 1. The number of rotatable bonds is 3. The first-order valence-corrected chi connectivity index (χ1v) is 10.4. The number of halogens is 1. The number of aryl methyl sites for hydroxylation is 2. The first-order valence-electron chi connectivity index (χ1n) is 6.94. The molecule has 24 heavy (non-hydrogen) atoms. The summed E-state index contributed by atoms with van der Waals surface area (Å²) in [6, 6.07) is 7.94. The number of fused-ring (bicyclic) bond motifs is 1. The maximum Gasteiger partial charge on any atom is 0.213 e. The second-order valence-electron chi connectivity index (χ2n) is 5.24. The molecule has 0 aliphatic rings. The minimum Gasteiger partial charge on any atom is -0.253 e. The van der Waals surface area contributed by atoms with E-state index in [4.69, 9.17) is 11.6 Å². The van der Waals surface area contributed by atoms with Crippen molar-refractivity contribution in [1.29, 1.82) is 0 Å². The van der Waals surface area contributed by atoms with E-state index in [1.807, 2.05) is 0 Å². The number of aromatic nitrogens is 3. The van der Waals surface area contributed by atoms with Crippen LogP contribution in [0.3, 0.4) is 0 Å². The summed E-state index contributed by atoms with van der Waals surface area (Å²) >= 11 is 6.18. The van der Waals surface area contributed by atoms with Gasteiger partial charge in [-0.05, 0) is 26.0 Å². The summed E-state index contributed by atoms with van der Waals surface area (Å²) in [7, 11) is -5.54. The van der Waals surface area contributed by atoms with E-state index >= 15 is 0 Å². The standard InChI is InChI=1S/C15H14ClN3O3S2/c1-9-12(16)10(2)19-14(17-9)13(15(18-19)23(3)20)24(21,22)11-7-5-4-6-8-11/h4-8H,1-3H3. The maximum absolute atomic E-state index is 13.1. The fourth-order valence-corrected chi connectivity index (χ4v) is 5.16. The van der Waals surface area contributed by atoms with Gasteiger partial charge in [0, 0.05) is 6.26 Å². The van der Waals surface area contributed by atoms with Crippen molar-refractivity contribution in [2.75, 3.05) is 6.26 Å². The van der Waals surface area contributed by atoms with Crippen molar-refractivity contribution >= 4 is 37.9 Å². The van der Waals surface area contributed by atoms with Crippen LogP contribution in [0.5, 0.6) is 0 Å². The first-order chi connectivity index (χ1) is 11.2. The van der Waals surface area contributed by atoms with E-state index in [0.717, 1.165) is 0 Å². The Morgan fingerprint density at radius 3 is 2.38 bits per heavy atom. The average Bonchev–Trinajstić information content (AvgIpc) is 2.94. The lowest BCUT2D eigenvalue weighted by Gasteiger charge is -2.06. The topological polar surface area (TPSA) is 81.4 Å². The van der Waals surface area contributed by atoms with E-state index in [-0.39, 0.29) is 20.5 Å². The predicted molar refractivity (Wildman–Crippen MR) is 91.7 cm³/mol. The Morgan fingerprint density at radius 1 is 1.17 bits per heavy atom. The number of hydrogen-bond donors (Lipinski definition) is 0. The van der Waals surface area contributed by atoms with E-state index in [0.29, 0.717) is 16.4 Å². The number of hydrogen-bond acceptors (Lipinski definition) is 5. The van der Waals surface area contributed by atoms with Crippen LogP contribution in [-0.4, -0.2) is 33.5 Å². The van der Waals surface area contributed by atoms with Gasteiger partial charge in [-0.1, -0.05) is 29.8 Å². The smallest absolute Gasteiger partial charge is 0.213 e. The Kier molecular flexibility index (Phi) is 4.23. The molecule has 0 spiro atoms. The van der Waals surface area contributed by atoms with Crippen LogP contribution < -0.4 is 0 Å². The summed E-state index contributed by atoms with van der Waals surface area (Å²) in [6.07, 6.45) is 1.38. The second kappa shape index (κ2) is 5.94. The van der Waals surface area contributed by atoms with Gasteiger partial charge in [0.25, 0.3) is 0 Å². The Hall–Kier alpha value is -1.77. The molecular formula is C15H14ClN3O3S2. The summed E-state index contributed by atoms with van der Waals surface area (Å²) < 4.78 is 39.6. The van der Waals surface area contributed by atoms with Gasteiger partial charge in [-0.25, -0.2) is 17.9 Å². The summed E-state index contributed by atoms with van der Waals surface area (Å²) in [4.78, 5) is 4.24. The first kappa shape index (κ1) is 17.1. The summed E-state index contributed by atoms with van der Waals surface area (Å²) in [5, 5.41) is 4.56.